The summed E-state index contributed by atoms with van der Waals surface area (Å²) >= 11 is 0. The molecule has 1 fully saturated rings. The van der Waals surface area contributed by atoms with Crippen molar-refractivity contribution < 1.29 is 28.2 Å². The second kappa shape index (κ2) is 12.0. The molecule has 0 atom stereocenters. The topological polar surface area (TPSA) is 105 Å². The van der Waals surface area contributed by atoms with Gasteiger partial charge in [-0.25, -0.2) is 14.2 Å². The molecular weight excluding hydrogens is 549 g/mol. The summed E-state index contributed by atoms with van der Waals surface area (Å²) in [5.41, 5.74) is 3.88. The van der Waals surface area contributed by atoms with Crippen molar-refractivity contribution in [1.29, 1.82) is 0 Å². The second-order valence-corrected chi connectivity index (χ2v) is 10.7. The number of aromatic carboxylic acids is 1. The Bertz CT molecular complexity index is 1770. The Labute approximate surface area is 247 Å². The monoisotopic (exact) mass is 579 g/mol. The van der Waals surface area contributed by atoms with E-state index in [-0.39, 0.29) is 23.0 Å². The van der Waals surface area contributed by atoms with Crippen molar-refractivity contribution in [3.8, 4) is 16.9 Å². The molecule has 3 heterocycles. The van der Waals surface area contributed by atoms with Crippen LogP contribution in [0.15, 0.2) is 89.5 Å². The zero-order valence-corrected chi connectivity index (χ0v) is 23.5. The molecule has 6 rings (SSSR count). The van der Waals surface area contributed by atoms with Crippen LogP contribution in [0.2, 0.25) is 0 Å². The summed E-state index contributed by atoms with van der Waals surface area (Å²) in [6.45, 7) is 4.02. The number of nitrogens with one attached hydrogen (secondary N) is 1. The van der Waals surface area contributed by atoms with Crippen LogP contribution in [0.5, 0.6) is 5.75 Å². The molecule has 1 amide bonds. The number of aryl methyl sites for hydroxylation is 1. The Balaban J connectivity index is 1.04. The zero-order chi connectivity index (χ0) is 29.9. The van der Waals surface area contributed by atoms with Gasteiger partial charge in [0.1, 0.15) is 23.0 Å². The number of furan rings is 1. The van der Waals surface area contributed by atoms with Gasteiger partial charge in [0, 0.05) is 24.0 Å². The number of carbonyl (C=O) groups excluding carboxylic acids is 1. The molecule has 218 valence electrons. The van der Waals surface area contributed by atoms with E-state index in [0.29, 0.717) is 29.5 Å². The van der Waals surface area contributed by atoms with Gasteiger partial charge in [0.2, 0.25) is 0 Å². The fourth-order valence-electron chi connectivity index (χ4n) is 5.36. The molecule has 5 aromatic rings. The quantitative estimate of drug-likeness (QED) is 0.200. The van der Waals surface area contributed by atoms with Crippen LogP contribution in [-0.4, -0.2) is 41.7 Å². The summed E-state index contributed by atoms with van der Waals surface area (Å²) < 4.78 is 25.1. The first-order valence-corrected chi connectivity index (χ1v) is 14.1. The molecule has 3 aromatic carbocycles. The highest BCUT2D eigenvalue weighted by molar-refractivity contribution is 6.06. The number of carboxylic acid groups (broad SMARTS) is 1. The van der Waals surface area contributed by atoms with Gasteiger partial charge in [-0.3, -0.25) is 4.79 Å². The summed E-state index contributed by atoms with van der Waals surface area (Å²) in [6, 6.07) is 22.2. The highest BCUT2D eigenvalue weighted by Crippen LogP contribution is 2.31. The molecule has 0 radical (unpaired) electrons. The maximum absolute atomic E-state index is 13.3. The number of rotatable bonds is 8. The third-order valence-corrected chi connectivity index (χ3v) is 7.83. The number of hydrogen-bond acceptors (Lipinski definition) is 6. The smallest absolute Gasteiger partial charge is 0.335 e. The maximum Gasteiger partial charge on any atom is 0.335 e. The van der Waals surface area contributed by atoms with Crippen molar-refractivity contribution in [2.24, 2.45) is 5.92 Å². The highest BCUT2D eigenvalue weighted by Gasteiger charge is 2.22. The lowest BCUT2D eigenvalue weighted by Gasteiger charge is -2.32. The van der Waals surface area contributed by atoms with Gasteiger partial charge in [-0.15, -0.1) is 0 Å². The fraction of sp³-hybridized carbons (Fsp3) is 0.206. The van der Waals surface area contributed by atoms with Crippen LogP contribution in [0.4, 0.5) is 15.9 Å². The number of pyridine rings is 1. The fourth-order valence-corrected chi connectivity index (χ4v) is 5.36. The van der Waals surface area contributed by atoms with Gasteiger partial charge in [0.25, 0.3) is 5.91 Å². The van der Waals surface area contributed by atoms with Crippen LogP contribution in [0.3, 0.4) is 0 Å². The van der Waals surface area contributed by atoms with Crippen molar-refractivity contribution in [3.05, 3.63) is 108 Å². The number of halogens is 1. The van der Waals surface area contributed by atoms with Gasteiger partial charge in [-0.1, -0.05) is 24.3 Å². The number of ether oxygens (including phenoxy) is 1. The molecular formula is C34H30FN3O5. The lowest BCUT2D eigenvalue weighted by molar-refractivity contribution is 0.0696. The first-order valence-electron chi connectivity index (χ1n) is 14.1. The Morgan fingerprint density at radius 3 is 2.51 bits per heavy atom. The summed E-state index contributed by atoms with van der Waals surface area (Å²) in [5, 5.41) is 12.9. The van der Waals surface area contributed by atoms with Crippen molar-refractivity contribution in [1.82, 2.24) is 4.98 Å². The van der Waals surface area contributed by atoms with E-state index < -0.39 is 5.97 Å². The summed E-state index contributed by atoms with van der Waals surface area (Å²) in [5.74, 6) is 0.367. The molecule has 0 bridgehead atoms. The highest BCUT2D eigenvalue weighted by atomic mass is 19.1. The summed E-state index contributed by atoms with van der Waals surface area (Å²) in [7, 11) is 0. The summed E-state index contributed by atoms with van der Waals surface area (Å²) in [4.78, 5) is 31.1. The van der Waals surface area contributed by atoms with E-state index in [1.54, 1.807) is 42.6 Å². The van der Waals surface area contributed by atoms with Gasteiger partial charge in [-0.05, 0) is 91.4 Å². The standard InChI is InChI=1S/C34H30FN3O5/c1-21-29-18-24(23-5-8-26(35)9-6-23)7-11-30(29)43-32(21)33(39)37-27-10-12-31(36-19-27)38-15-13-22(14-16-38)20-42-28-4-2-3-25(17-28)34(40)41/h2-12,17-19,22H,13-16,20H2,1H3,(H,37,39)(H,40,41). The number of benzene rings is 3. The minimum absolute atomic E-state index is 0.211. The number of anilines is 2. The maximum atomic E-state index is 13.3. The minimum atomic E-state index is -0.973. The predicted molar refractivity (Wildman–Crippen MR) is 162 cm³/mol. The Hall–Kier alpha value is -5.18. The van der Waals surface area contributed by atoms with Crippen molar-refractivity contribution >= 4 is 34.4 Å². The van der Waals surface area contributed by atoms with Crippen LogP contribution >= 0.6 is 0 Å². The third kappa shape index (κ3) is 6.21. The first-order chi connectivity index (χ1) is 20.8. The van der Waals surface area contributed by atoms with Crippen LogP contribution < -0.4 is 15.0 Å². The Kier molecular flexibility index (Phi) is 7.79. The van der Waals surface area contributed by atoms with Gasteiger partial charge >= 0.3 is 5.97 Å². The zero-order valence-electron chi connectivity index (χ0n) is 23.5. The molecule has 0 unspecified atom stereocenters. The number of amides is 1. The molecule has 43 heavy (non-hydrogen) atoms. The van der Waals surface area contributed by atoms with E-state index in [1.165, 1.54) is 12.1 Å². The molecule has 2 aromatic heterocycles. The number of hydrogen-bond donors (Lipinski definition) is 2. The number of carbonyl (C=O) groups is 2. The van der Waals surface area contributed by atoms with E-state index in [4.69, 9.17) is 14.3 Å². The lowest BCUT2D eigenvalue weighted by Crippen LogP contribution is -2.36. The molecule has 1 aliphatic rings. The van der Waals surface area contributed by atoms with Crippen molar-refractivity contribution in [2.45, 2.75) is 19.8 Å². The molecule has 1 aliphatic heterocycles. The van der Waals surface area contributed by atoms with E-state index in [1.807, 2.05) is 37.3 Å². The van der Waals surface area contributed by atoms with Gasteiger partial charge in [-0.2, -0.15) is 0 Å². The molecule has 0 saturated carbocycles. The Morgan fingerprint density at radius 2 is 1.79 bits per heavy atom. The molecule has 2 N–H and O–H groups in total. The van der Waals surface area contributed by atoms with Crippen LogP contribution in [0.1, 0.15) is 39.3 Å². The van der Waals surface area contributed by atoms with Gasteiger partial charge in [0.05, 0.1) is 24.1 Å². The SMILES string of the molecule is Cc1c(C(=O)Nc2ccc(N3CCC(COc4cccc(C(=O)O)c4)CC3)nc2)oc2ccc(-c3ccc(F)cc3)cc12. The van der Waals surface area contributed by atoms with E-state index in [2.05, 4.69) is 15.2 Å². The van der Waals surface area contributed by atoms with Crippen molar-refractivity contribution in [3.63, 3.8) is 0 Å². The van der Waals surface area contributed by atoms with Crippen LogP contribution in [-0.2, 0) is 0 Å². The van der Waals surface area contributed by atoms with E-state index >= 15 is 0 Å². The molecule has 1 saturated heterocycles. The predicted octanol–water partition coefficient (Wildman–Crippen LogP) is 7.19. The summed E-state index contributed by atoms with van der Waals surface area (Å²) in [6.07, 6.45) is 3.49. The molecule has 8 nitrogen and oxygen atoms in total. The first kappa shape index (κ1) is 28.0. The normalized spacial score (nSPS) is 13.7. The minimum Gasteiger partial charge on any atom is -0.493 e. The van der Waals surface area contributed by atoms with E-state index in [9.17, 15) is 14.0 Å². The number of fused-ring (bicyclic) bond motifs is 1. The molecule has 0 aliphatic carbocycles. The average Bonchev–Trinajstić information content (AvgIpc) is 3.37. The molecule has 0 spiro atoms. The number of aromatic nitrogens is 1. The lowest BCUT2D eigenvalue weighted by atomic mass is 9.98. The van der Waals surface area contributed by atoms with Crippen LogP contribution in [0, 0.1) is 18.7 Å². The third-order valence-electron chi connectivity index (χ3n) is 7.83. The average molecular weight is 580 g/mol. The van der Waals surface area contributed by atoms with Crippen molar-refractivity contribution in [2.75, 3.05) is 29.9 Å². The number of piperidine rings is 1. The van der Waals surface area contributed by atoms with E-state index in [0.717, 1.165) is 53.8 Å². The Morgan fingerprint density at radius 1 is 1.02 bits per heavy atom. The van der Waals surface area contributed by atoms with Gasteiger partial charge < -0.3 is 24.5 Å². The second-order valence-electron chi connectivity index (χ2n) is 10.7. The number of nitrogens with zero attached hydrogens (tertiary/aromatic N) is 2. The number of carboxylic acids is 1. The van der Waals surface area contributed by atoms with Gasteiger partial charge in [0.15, 0.2) is 5.76 Å². The van der Waals surface area contributed by atoms with Crippen LogP contribution in [0.25, 0.3) is 22.1 Å². The largest absolute Gasteiger partial charge is 0.493 e. The molecule has 9 heteroatoms.